The summed E-state index contributed by atoms with van der Waals surface area (Å²) in [6.45, 7) is 0. The van der Waals surface area contributed by atoms with Gasteiger partial charge in [-0.15, -0.1) is 0 Å². The van der Waals surface area contributed by atoms with Crippen molar-refractivity contribution >= 4 is 27.4 Å². The molecule has 2 aromatic rings. The summed E-state index contributed by atoms with van der Waals surface area (Å²) in [5.74, 6) is -0.699. The van der Waals surface area contributed by atoms with Gasteiger partial charge in [-0.1, -0.05) is 0 Å². The minimum atomic E-state index is -0.658. The highest BCUT2D eigenvalue weighted by molar-refractivity contribution is 9.10. The third kappa shape index (κ3) is 2.97. The highest BCUT2D eigenvalue weighted by atomic mass is 79.9. The highest BCUT2D eigenvalue weighted by Crippen LogP contribution is 2.34. The van der Waals surface area contributed by atoms with Gasteiger partial charge in [-0.2, -0.15) is 4.98 Å². The Morgan fingerprint density at radius 1 is 1.37 bits per heavy atom. The molecule has 8 heteroatoms. The molecule has 0 saturated heterocycles. The molecule has 2 rings (SSSR count). The quantitative estimate of drug-likeness (QED) is 0.690. The van der Waals surface area contributed by atoms with Crippen LogP contribution in [-0.4, -0.2) is 9.91 Å². The van der Waals surface area contributed by atoms with E-state index in [9.17, 15) is 14.5 Å². The first-order valence-corrected chi connectivity index (χ1v) is 5.80. The molecule has 1 heterocycles. The van der Waals surface area contributed by atoms with Crippen molar-refractivity contribution in [2.75, 3.05) is 5.73 Å². The van der Waals surface area contributed by atoms with Crippen LogP contribution in [0, 0.1) is 15.9 Å². The summed E-state index contributed by atoms with van der Waals surface area (Å²) < 4.78 is 18.8. The predicted molar refractivity (Wildman–Crippen MR) is 69.5 cm³/mol. The molecule has 0 amide bonds. The summed E-state index contributed by atoms with van der Waals surface area (Å²) in [5, 5.41) is 10.8. The van der Waals surface area contributed by atoms with Crippen molar-refractivity contribution in [1.29, 1.82) is 0 Å². The number of hydrogen-bond donors (Lipinski definition) is 1. The zero-order valence-corrected chi connectivity index (χ0v) is 10.9. The molecule has 1 aromatic heterocycles. The number of nitro groups is 1. The van der Waals surface area contributed by atoms with Gasteiger partial charge in [0.1, 0.15) is 17.4 Å². The van der Waals surface area contributed by atoms with Gasteiger partial charge in [-0.3, -0.25) is 10.1 Å². The number of nitrogen functional groups attached to an aromatic ring is 1. The van der Waals surface area contributed by atoms with Crippen LogP contribution in [0.25, 0.3) is 0 Å². The molecular formula is C11H7BrFN3O3. The molecular weight excluding hydrogens is 321 g/mol. The molecule has 6 nitrogen and oxygen atoms in total. The van der Waals surface area contributed by atoms with Crippen LogP contribution < -0.4 is 10.5 Å². The molecule has 2 N–H and O–H groups in total. The minimum Gasteiger partial charge on any atom is -0.432 e. The number of nitrogens with zero attached hydrogens (tertiary/aromatic N) is 2. The summed E-state index contributed by atoms with van der Waals surface area (Å²) in [6.07, 6.45) is 0. The van der Waals surface area contributed by atoms with E-state index in [0.29, 0.717) is 4.47 Å². The Kier molecular flexibility index (Phi) is 3.61. The topological polar surface area (TPSA) is 91.3 Å². The van der Waals surface area contributed by atoms with Crippen molar-refractivity contribution in [2.45, 2.75) is 0 Å². The van der Waals surface area contributed by atoms with Crippen LogP contribution in [0.15, 0.2) is 34.8 Å². The molecule has 0 aliphatic carbocycles. The van der Waals surface area contributed by atoms with Crippen LogP contribution in [0.3, 0.4) is 0 Å². The number of pyridine rings is 1. The number of benzene rings is 1. The van der Waals surface area contributed by atoms with Gasteiger partial charge in [0.05, 0.1) is 9.40 Å². The van der Waals surface area contributed by atoms with Crippen LogP contribution in [0.5, 0.6) is 11.6 Å². The van der Waals surface area contributed by atoms with Gasteiger partial charge in [0.25, 0.3) is 0 Å². The monoisotopic (exact) mass is 327 g/mol. The number of nitrogens with two attached hydrogens (primary N) is 1. The third-order valence-electron chi connectivity index (χ3n) is 2.16. The Labute approximate surface area is 115 Å². The second kappa shape index (κ2) is 5.19. The Bertz CT molecular complexity index is 651. The van der Waals surface area contributed by atoms with E-state index in [-0.39, 0.29) is 23.1 Å². The van der Waals surface area contributed by atoms with Gasteiger partial charge in [-0.25, -0.2) is 4.39 Å². The second-order valence-electron chi connectivity index (χ2n) is 3.49. The average Bonchev–Trinajstić information content (AvgIpc) is 2.33. The first-order valence-electron chi connectivity index (χ1n) is 5.01. The van der Waals surface area contributed by atoms with Crippen LogP contribution in [0.1, 0.15) is 0 Å². The zero-order valence-electron chi connectivity index (χ0n) is 9.34. The molecule has 1 aromatic carbocycles. The van der Waals surface area contributed by atoms with Crippen LogP contribution in [0.4, 0.5) is 15.9 Å². The molecule has 0 spiro atoms. The number of anilines is 1. The smallest absolute Gasteiger partial charge is 0.331 e. The summed E-state index contributed by atoms with van der Waals surface area (Å²) in [4.78, 5) is 13.9. The number of aromatic nitrogens is 1. The van der Waals surface area contributed by atoms with Gasteiger partial charge in [0, 0.05) is 12.1 Å². The Morgan fingerprint density at radius 2 is 2.11 bits per heavy atom. The lowest BCUT2D eigenvalue weighted by Crippen LogP contribution is -1.99. The highest BCUT2D eigenvalue weighted by Gasteiger charge is 2.19. The van der Waals surface area contributed by atoms with Gasteiger partial charge in [0.2, 0.25) is 0 Å². The van der Waals surface area contributed by atoms with E-state index in [4.69, 9.17) is 10.5 Å². The van der Waals surface area contributed by atoms with E-state index < -0.39 is 10.7 Å². The van der Waals surface area contributed by atoms with E-state index in [2.05, 4.69) is 20.9 Å². The van der Waals surface area contributed by atoms with Crippen LogP contribution in [-0.2, 0) is 0 Å². The van der Waals surface area contributed by atoms with Crippen LogP contribution >= 0.6 is 15.9 Å². The van der Waals surface area contributed by atoms with Crippen molar-refractivity contribution in [2.24, 2.45) is 0 Å². The van der Waals surface area contributed by atoms with Crippen LogP contribution in [0.2, 0.25) is 0 Å². The summed E-state index contributed by atoms with van der Waals surface area (Å²) in [6, 6.07) is 6.18. The predicted octanol–water partition coefficient (Wildman–Crippen LogP) is 3.27. The Hall–Kier alpha value is -2.22. The minimum absolute atomic E-state index is 0.0631. The number of hydrogen-bond acceptors (Lipinski definition) is 5. The fourth-order valence-electron chi connectivity index (χ4n) is 1.32. The molecule has 0 fully saturated rings. The molecule has 19 heavy (non-hydrogen) atoms. The molecule has 0 radical (unpaired) electrons. The lowest BCUT2D eigenvalue weighted by Gasteiger charge is -2.07. The van der Waals surface area contributed by atoms with Crippen molar-refractivity contribution in [3.63, 3.8) is 0 Å². The zero-order chi connectivity index (χ0) is 14.0. The lowest BCUT2D eigenvalue weighted by atomic mass is 10.3. The number of halogens is 2. The van der Waals surface area contributed by atoms with E-state index in [0.717, 1.165) is 6.07 Å². The van der Waals surface area contributed by atoms with Crippen molar-refractivity contribution < 1.29 is 14.1 Å². The van der Waals surface area contributed by atoms with Gasteiger partial charge in [0.15, 0.2) is 0 Å². The number of rotatable bonds is 3. The largest absolute Gasteiger partial charge is 0.432 e. The molecule has 0 aliphatic rings. The van der Waals surface area contributed by atoms with Gasteiger partial charge >= 0.3 is 11.6 Å². The molecule has 98 valence electrons. The fourth-order valence-corrected chi connectivity index (χ4v) is 1.65. The molecule has 0 unspecified atom stereocenters. The van der Waals surface area contributed by atoms with Gasteiger partial charge in [-0.05, 0) is 34.1 Å². The molecule has 0 saturated carbocycles. The maximum Gasteiger partial charge on any atom is 0.331 e. The Morgan fingerprint density at radius 3 is 2.79 bits per heavy atom. The van der Waals surface area contributed by atoms with Gasteiger partial charge < -0.3 is 10.5 Å². The third-order valence-corrected chi connectivity index (χ3v) is 2.81. The van der Waals surface area contributed by atoms with Crippen molar-refractivity contribution in [3.8, 4) is 11.6 Å². The first-order chi connectivity index (χ1) is 8.97. The summed E-state index contributed by atoms with van der Waals surface area (Å²) >= 11 is 3.15. The molecule has 0 aliphatic heterocycles. The average molecular weight is 328 g/mol. The van der Waals surface area contributed by atoms with Crippen molar-refractivity contribution in [1.82, 2.24) is 4.98 Å². The normalized spacial score (nSPS) is 10.2. The standard InChI is InChI=1S/C11H7BrFN3O3/c12-7-2-1-6(13)5-9(7)19-11-8(16(17)18)3-4-10(14)15-11/h1-5H,(H2,14,15). The Balaban J connectivity index is 2.45. The molecule has 0 atom stereocenters. The maximum atomic E-state index is 13.1. The fraction of sp³-hybridized carbons (Fsp3) is 0. The van der Waals surface area contributed by atoms with Crippen molar-refractivity contribution in [3.05, 3.63) is 50.7 Å². The van der Waals surface area contributed by atoms with E-state index in [1.165, 1.54) is 24.3 Å². The van der Waals surface area contributed by atoms with E-state index >= 15 is 0 Å². The summed E-state index contributed by atoms with van der Waals surface area (Å²) in [7, 11) is 0. The summed E-state index contributed by atoms with van der Waals surface area (Å²) in [5.41, 5.74) is 5.09. The first kappa shape index (κ1) is 13.2. The number of ether oxygens (including phenoxy) is 1. The van der Waals surface area contributed by atoms with E-state index in [1.54, 1.807) is 0 Å². The maximum absolute atomic E-state index is 13.1. The lowest BCUT2D eigenvalue weighted by molar-refractivity contribution is -0.386. The second-order valence-corrected chi connectivity index (χ2v) is 4.35. The SMILES string of the molecule is Nc1ccc([N+](=O)[O-])c(Oc2cc(F)ccc2Br)n1. The molecule has 0 bridgehead atoms. The van der Waals surface area contributed by atoms with E-state index in [1.807, 2.05) is 0 Å².